The van der Waals surface area contributed by atoms with Crippen molar-refractivity contribution in [3.63, 3.8) is 0 Å². The average Bonchev–Trinajstić information content (AvgIpc) is 2.96. The third-order valence-electron chi connectivity index (χ3n) is 3.22. The molecular weight excluding hydrogens is 322 g/mol. The maximum Gasteiger partial charge on any atom is 0.320 e. The van der Waals surface area contributed by atoms with Gasteiger partial charge in [0.15, 0.2) is 0 Å². The third kappa shape index (κ3) is 4.80. The van der Waals surface area contributed by atoms with Crippen molar-refractivity contribution < 1.29 is 14.3 Å². The van der Waals surface area contributed by atoms with Crippen molar-refractivity contribution in [3.05, 3.63) is 47.2 Å². The lowest BCUT2D eigenvalue weighted by Gasteiger charge is -2.12. The first-order valence-corrected chi connectivity index (χ1v) is 8.67. The molecule has 0 fully saturated rings. The van der Waals surface area contributed by atoms with Crippen molar-refractivity contribution in [1.29, 1.82) is 0 Å². The summed E-state index contributed by atoms with van der Waals surface area (Å²) in [5, 5.41) is 12.9. The Hall–Kier alpha value is -1.43. The minimum Gasteiger partial charge on any atom is -0.480 e. The van der Waals surface area contributed by atoms with Gasteiger partial charge in [0.05, 0.1) is 6.54 Å². The van der Waals surface area contributed by atoms with Crippen LogP contribution >= 0.6 is 23.4 Å². The van der Waals surface area contributed by atoms with Crippen molar-refractivity contribution in [3.8, 4) is 11.3 Å². The number of carboxylic acids is 1. The molecular formula is C16H18ClNO3S. The number of nitrogens with one attached hydrogen (secondary N) is 1. The summed E-state index contributed by atoms with van der Waals surface area (Å²) < 4.78 is 5.74. The number of carbonyl (C=O) groups is 1. The second kappa shape index (κ2) is 8.27. The van der Waals surface area contributed by atoms with Crippen LogP contribution in [0.4, 0.5) is 0 Å². The van der Waals surface area contributed by atoms with Crippen molar-refractivity contribution in [2.24, 2.45) is 0 Å². The van der Waals surface area contributed by atoms with E-state index < -0.39 is 12.0 Å². The van der Waals surface area contributed by atoms with E-state index in [1.54, 1.807) is 23.9 Å². The van der Waals surface area contributed by atoms with Gasteiger partial charge in [0.25, 0.3) is 0 Å². The fraction of sp³-hybridized carbons (Fsp3) is 0.312. The highest BCUT2D eigenvalue weighted by Crippen LogP contribution is 2.23. The molecule has 0 amide bonds. The fourth-order valence-electron chi connectivity index (χ4n) is 2.01. The molecule has 0 aliphatic rings. The Bertz CT molecular complexity index is 612. The molecule has 1 aromatic heterocycles. The third-order valence-corrected chi connectivity index (χ3v) is 4.12. The lowest BCUT2D eigenvalue weighted by atomic mass is 10.2. The van der Waals surface area contributed by atoms with Gasteiger partial charge in [-0.1, -0.05) is 11.6 Å². The van der Waals surface area contributed by atoms with Crippen molar-refractivity contribution in [2.75, 3.05) is 12.0 Å². The van der Waals surface area contributed by atoms with E-state index in [9.17, 15) is 9.90 Å². The smallest absolute Gasteiger partial charge is 0.320 e. The summed E-state index contributed by atoms with van der Waals surface area (Å²) in [6.45, 7) is 0.388. The number of furan rings is 1. The van der Waals surface area contributed by atoms with Gasteiger partial charge in [-0.15, -0.1) is 0 Å². The van der Waals surface area contributed by atoms with E-state index in [1.807, 2.05) is 30.5 Å². The maximum absolute atomic E-state index is 11.2. The van der Waals surface area contributed by atoms with Crippen LogP contribution in [0.25, 0.3) is 11.3 Å². The number of hydrogen-bond donors (Lipinski definition) is 2. The monoisotopic (exact) mass is 339 g/mol. The predicted molar refractivity (Wildman–Crippen MR) is 90.4 cm³/mol. The van der Waals surface area contributed by atoms with Gasteiger partial charge in [0.2, 0.25) is 0 Å². The molecule has 0 spiro atoms. The summed E-state index contributed by atoms with van der Waals surface area (Å²) in [6, 6.07) is 10.5. The van der Waals surface area contributed by atoms with Crippen LogP contribution in [0.1, 0.15) is 12.2 Å². The Morgan fingerprint density at radius 1 is 1.32 bits per heavy atom. The van der Waals surface area contributed by atoms with Crippen LogP contribution in [0.2, 0.25) is 5.02 Å². The van der Waals surface area contributed by atoms with Gasteiger partial charge >= 0.3 is 5.97 Å². The summed E-state index contributed by atoms with van der Waals surface area (Å²) in [4.78, 5) is 11.2. The summed E-state index contributed by atoms with van der Waals surface area (Å²) in [6.07, 6.45) is 2.55. The molecule has 2 N–H and O–H groups in total. The first kappa shape index (κ1) is 16.9. The topological polar surface area (TPSA) is 62.5 Å². The predicted octanol–water partition coefficient (Wildman–Crippen LogP) is 3.90. The van der Waals surface area contributed by atoms with Gasteiger partial charge < -0.3 is 9.52 Å². The molecule has 0 aliphatic carbocycles. The summed E-state index contributed by atoms with van der Waals surface area (Å²) >= 11 is 7.50. The normalized spacial score (nSPS) is 12.3. The van der Waals surface area contributed by atoms with Crippen LogP contribution < -0.4 is 5.32 Å². The second-order valence-corrected chi connectivity index (χ2v) is 6.25. The summed E-state index contributed by atoms with van der Waals surface area (Å²) in [5.74, 6) is 1.42. The highest BCUT2D eigenvalue weighted by Gasteiger charge is 2.16. The van der Waals surface area contributed by atoms with Crippen LogP contribution in [0.5, 0.6) is 0 Å². The summed E-state index contributed by atoms with van der Waals surface area (Å²) in [5.41, 5.74) is 0.938. The molecule has 0 radical (unpaired) electrons. The molecule has 1 unspecified atom stereocenters. The number of halogens is 1. The SMILES string of the molecule is CSCCC(NCc1ccc(-c2ccc(Cl)cc2)o1)C(=O)O. The molecule has 118 valence electrons. The van der Waals surface area contributed by atoms with Gasteiger partial charge in [0, 0.05) is 10.6 Å². The number of carboxylic acid groups (broad SMARTS) is 1. The average molecular weight is 340 g/mol. The number of thioether (sulfide) groups is 1. The molecule has 4 nitrogen and oxygen atoms in total. The molecule has 1 heterocycles. The van der Waals surface area contributed by atoms with Crippen molar-refractivity contribution in [1.82, 2.24) is 5.32 Å². The largest absolute Gasteiger partial charge is 0.480 e. The molecule has 0 saturated carbocycles. The molecule has 0 bridgehead atoms. The minimum absolute atomic E-state index is 0.388. The molecule has 6 heteroatoms. The molecule has 0 saturated heterocycles. The van der Waals surface area contributed by atoms with E-state index in [4.69, 9.17) is 16.0 Å². The van der Waals surface area contributed by atoms with Crippen LogP contribution in [0.3, 0.4) is 0 Å². The zero-order valence-electron chi connectivity index (χ0n) is 12.2. The van der Waals surface area contributed by atoms with E-state index in [0.717, 1.165) is 17.1 Å². The van der Waals surface area contributed by atoms with Gasteiger partial charge in [-0.3, -0.25) is 10.1 Å². The minimum atomic E-state index is -0.835. The number of aliphatic carboxylic acids is 1. The number of rotatable bonds is 8. The van der Waals surface area contributed by atoms with Crippen LogP contribution in [0.15, 0.2) is 40.8 Å². The van der Waals surface area contributed by atoms with E-state index in [1.165, 1.54) is 0 Å². The van der Waals surface area contributed by atoms with Crippen molar-refractivity contribution >= 4 is 29.3 Å². The standard InChI is InChI=1S/C16H18ClNO3S/c1-22-9-8-14(16(19)20)18-10-13-6-7-15(21-13)11-2-4-12(17)5-3-11/h2-7,14,18H,8-10H2,1H3,(H,19,20). The van der Waals surface area contributed by atoms with Crippen LogP contribution in [-0.4, -0.2) is 29.1 Å². The zero-order valence-corrected chi connectivity index (χ0v) is 13.8. The van der Waals surface area contributed by atoms with Gasteiger partial charge in [-0.2, -0.15) is 11.8 Å². The van der Waals surface area contributed by atoms with Crippen LogP contribution in [0, 0.1) is 0 Å². The van der Waals surface area contributed by atoms with Gasteiger partial charge in [0.1, 0.15) is 17.6 Å². The van der Waals surface area contributed by atoms with E-state index in [2.05, 4.69) is 5.32 Å². The first-order valence-electron chi connectivity index (χ1n) is 6.90. The number of hydrogen-bond acceptors (Lipinski definition) is 4. The molecule has 2 rings (SSSR count). The van der Waals surface area contributed by atoms with E-state index in [0.29, 0.717) is 23.7 Å². The van der Waals surface area contributed by atoms with Gasteiger partial charge in [-0.05, 0) is 54.8 Å². The van der Waals surface area contributed by atoms with E-state index in [-0.39, 0.29) is 0 Å². The van der Waals surface area contributed by atoms with Gasteiger partial charge in [-0.25, -0.2) is 0 Å². The highest BCUT2D eigenvalue weighted by atomic mass is 35.5. The molecule has 2 aromatic rings. The summed E-state index contributed by atoms with van der Waals surface area (Å²) in [7, 11) is 0. The Morgan fingerprint density at radius 2 is 2.05 bits per heavy atom. The molecule has 1 aromatic carbocycles. The zero-order chi connectivity index (χ0) is 15.9. The van der Waals surface area contributed by atoms with Crippen LogP contribution in [-0.2, 0) is 11.3 Å². The van der Waals surface area contributed by atoms with Crippen molar-refractivity contribution in [2.45, 2.75) is 19.0 Å². The molecule has 1 atom stereocenters. The van der Waals surface area contributed by atoms with E-state index >= 15 is 0 Å². The Labute approximate surface area is 138 Å². The lowest BCUT2D eigenvalue weighted by Crippen LogP contribution is -2.36. The first-order chi connectivity index (χ1) is 10.6. The molecule has 22 heavy (non-hydrogen) atoms. The molecule has 0 aliphatic heterocycles. The Balaban J connectivity index is 1.96. The lowest BCUT2D eigenvalue weighted by molar-refractivity contribution is -0.139. The second-order valence-electron chi connectivity index (χ2n) is 4.83. The maximum atomic E-state index is 11.2. The quantitative estimate of drug-likeness (QED) is 0.763. The Kier molecular flexibility index (Phi) is 6.36. The fourth-order valence-corrected chi connectivity index (χ4v) is 2.61. The Morgan fingerprint density at radius 3 is 2.68 bits per heavy atom. The number of benzene rings is 1. The highest BCUT2D eigenvalue weighted by molar-refractivity contribution is 7.98.